The molecule has 1 aromatic carbocycles. The van der Waals surface area contributed by atoms with Crippen molar-refractivity contribution in [1.29, 1.82) is 0 Å². The molecular formula is C28H43N5O5S. The zero-order chi connectivity index (χ0) is 29.1. The van der Waals surface area contributed by atoms with E-state index in [-0.39, 0.29) is 24.7 Å². The van der Waals surface area contributed by atoms with Crippen LogP contribution in [-0.4, -0.2) is 70.0 Å². The summed E-state index contributed by atoms with van der Waals surface area (Å²) in [5, 5.41) is 18.6. The Hall–Kier alpha value is -3.05. The average Bonchev–Trinajstić information content (AvgIpc) is 3.27. The van der Waals surface area contributed by atoms with Crippen LogP contribution in [0.4, 0.5) is 0 Å². The fraction of sp³-hybridized carbons (Fsp3) is 0.571. The molecule has 0 bridgehead atoms. The monoisotopic (exact) mass is 561 g/mol. The lowest BCUT2D eigenvalue weighted by atomic mass is 10.00. The van der Waals surface area contributed by atoms with Crippen molar-refractivity contribution in [1.82, 2.24) is 20.9 Å². The number of amides is 3. The molecular weight excluding hydrogens is 518 g/mol. The Balaban J connectivity index is 2.12. The standard InChI is InChI=1S/C28H43N5O5S/c1-16(2)12-23(27(36)33-24(28(37)38)13-17(3)4)32-26(35)22(10-11-39-5)31-25(34)20(29)14-18-15-30-21-9-7-6-8-19(18)21/h6-9,15-17,20,22-24,30H,10-14,29H2,1-5H3,(H,31,34)(H,32,35)(H,33,36)(H,37,38). The average molecular weight is 562 g/mol. The number of nitrogens with two attached hydrogens (primary N) is 1. The molecule has 10 nitrogen and oxygen atoms in total. The maximum atomic E-state index is 13.3. The molecule has 4 unspecified atom stereocenters. The van der Waals surface area contributed by atoms with Crippen LogP contribution in [0.1, 0.15) is 52.5 Å². The molecule has 0 aliphatic heterocycles. The van der Waals surface area contributed by atoms with Gasteiger partial charge in [0, 0.05) is 17.1 Å². The number of hydrogen-bond donors (Lipinski definition) is 6. The van der Waals surface area contributed by atoms with Crippen LogP contribution in [0.15, 0.2) is 30.5 Å². The van der Waals surface area contributed by atoms with Gasteiger partial charge in [-0.05, 0) is 61.2 Å². The third-order valence-electron chi connectivity index (χ3n) is 6.36. The number of carbonyl (C=O) groups is 4. The number of para-hydroxylation sites is 1. The molecule has 1 aromatic heterocycles. The third kappa shape index (κ3) is 10.2. The molecule has 0 aliphatic rings. The highest BCUT2D eigenvalue weighted by atomic mass is 32.2. The maximum Gasteiger partial charge on any atom is 0.326 e. The molecule has 0 aliphatic carbocycles. The molecule has 11 heteroatoms. The van der Waals surface area contributed by atoms with E-state index in [1.165, 1.54) is 11.8 Å². The predicted molar refractivity (Wildman–Crippen MR) is 155 cm³/mol. The number of aliphatic carboxylic acids is 1. The van der Waals surface area contributed by atoms with Gasteiger partial charge < -0.3 is 31.8 Å². The van der Waals surface area contributed by atoms with Gasteiger partial charge >= 0.3 is 5.97 Å². The molecule has 2 rings (SSSR count). The molecule has 0 fully saturated rings. The quantitative estimate of drug-likeness (QED) is 0.183. The number of aromatic nitrogens is 1. The molecule has 3 amide bonds. The number of aromatic amines is 1. The van der Waals surface area contributed by atoms with Crippen molar-refractivity contribution < 1.29 is 24.3 Å². The highest BCUT2D eigenvalue weighted by Crippen LogP contribution is 2.19. The Morgan fingerprint density at radius 2 is 1.46 bits per heavy atom. The number of benzene rings is 1. The molecule has 0 spiro atoms. The number of carboxylic acids is 1. The van der Waals surface area contributed by atoms with Gasteiger partial charge in [-0.1, -0.05) is 45.9 Å². The minimum Gasteiger partial charge on any atom is -0.480 e. The second-order valence-corrected chi connectivity index (χ2v) is 11.7. The van der Waals surface area contributed by atoms with Crippen LogP contribution < -0.4 is 21.7 Å². The van der Waals surface area contributed by atoms with Crippen LogP contribution >= 0.6 is 11.8 Å². The molecule has 39 heavy (non-hydrogen) atoms. The Morgan fingerprint density at radius 1 is 0.897 bits per heavy atom. The fourth-order valence-electron chi connectivity index (χ4n) is 4.35. The molecule has 0 saturated carbocycles. The summed E-state index contributed by atoms with van der Waals surface area (Å²) in [7, 11) is 0. The second-order valence-electron chi connectivity index (χ2n) is 10.7. The van der Waals surface area contributed by atoms with Crippen molar-refractivity contribution in [3.8, 4) is 0 Å². The van der Waals surface area contributed by atoms with E-state index in [9.17, 15) is 24.3 Å². The summed E-state index contributed by atoms with van der Waals surface area (Å²) in [5.41, 5.74) is 8.09. The van der Waals surface area contributed by atoms with Crippen molar-refractivity contribution in [3.05, 3.63) is 36.0 Å². The van der Waals surface area contributed by atoms with Crippen LogP contribution in [0, 0.1) is 11.8 Å². The Kier molecular flexibility index (Phi) is 12.8. The normalized spacial score (nSPS) is 14.6. The summed E-state index contributed by atoms with van der Waals surface area (Å²) < 4.78 is 0. The first-order chi connectivity index (χ1) is 18.4. The van der Waals surface area contributed by atoms with Gasteiger partial charge in [0.25, 0.3) is 0 Å². The van der Waals surface area contributed by atoms with Gasteiger partial charge in [0.1, 0.15) is 18.1 Å². The van der Waals surface area contributed by atoms with Crippen LogP contribution in [0.25, 0.3) is 10.9 Å². The van der Waals surface area contributed by atoms with Crippen molar-refractivity contribution >= 4 is 46.4 Å². The first-order valence-corrected chi connectivity index (χ1v) is 14.8. The van der Waals surface area contributed by atoms with Gasteiger partial charge in [-0.15, -0.1) is 0 Å². The number of carbonyl (C=O) groups excluding carboxylic acids is 3. The van der Waals surface area contributed by atoms with E-state index in [1.54, 1.807) is 0 Å². The van der Waals surface area contributed by atoms with E-state index in [4.69, 9.17) is 5.73 Å². The van der Waals surface area contributed by atoms with E-state index >= 15 is 0 Å². The predicted octanol–water partition coefficient (Wildman–Crippen LogP) is 2.42. The summed E-state index contributed by atoms with van der Waals surface area (Å²) >= 11 is 1.53. The number of thioether (sulfide) groups is 1. The number of H-pyrrole nitrogens is 1. The van der Waals surface area contributed by atoms with Crippen LogP contribution in [0.2, 0.25) is 0 Å². The number of carboxylic acid groups (broad SMARTS) is 1. The number of fused-ring (bicyclic) bond motifs is 1. The molecule has 216 valence electrons. The minimum absolute atomic E-state index is 0.0539. The summed E-state index contributed by atoms with van der Waals surface area (Å²) in [4.78, 5) is 54.2. The Bertz CT molecular complexity index is 1120. The number of hydrogen-bond acceptors (Lipinski definition) is 6. The summed E-state index contributed by atoms with van der Waals surface area (Å²) in [6.45, 7) is 7.56. The van der Waals surface area contributed by atoms with Gasteiger partial charge in [0.2, 0.25) is 17.7 Å². The minimum atomic E-state index is -1.12. The highest BCUT2D eigenvalue weighted by molar-refractivity contribution is 7.98. The summed E-state index contributed by atoms with van der Waals surface area (Å²) in [6, 6.07) is 3.96. The zero-order valence-electron chi connectivity index (χ0n) is 23.5. The van der Waals surface area contributed by atoms with Gasteiger partial charge in [0.15, 0.2) is 0 Å². The van der Waals surface area contributed by atoms with Crippen LogP contribution in [0.3, 0.4) is 0 Å². The van der Waals surface area contributed by atoms with Gasteiger partial charge in [-0.3, -0.25) is 14.4 Å². The Labute approximate surface area is 234 Å². The maximum absolute atomic E-state index is 13.3. The highest BCUT2D eigenvalue weighted by Gasteiger charge is 2.31. The zero-order valence-corrected chi connectivity index (χ0v) is 24.3. The topological polar surface area (TPSA) is 166 Å². The van der Waals surface area contributed by atoms with Crippen LogP contribution in [-0.2, 0) is 25.6 Å². The first-order valence-electron chi connectivity index (χ1n) is 13.4. The third-order valence-corrected chi connectivity index (χ3v) is 7.00. The number of nitrogens with one attached hydrogen (secondary N) is 4. The Morgan fingerprint density at radius 3 is 2.08 bits per heavy atom. The largest absolute Gasteiger partial charge is 0.480 e. The van der Waals surface area contributed by atoms with Gasteiger partial charge in [-0.25, -0.2) is 4.79 Å². The van der Waals surface area contributed by atoms with Gasteiger partial charge in [-0.2, -0.15) is 11.8 Å². The van der Waals surface area contributed by atoms with E-state index in [2.05, 4.69) is 20.9 Å². The smallest absolute Gasteiger partial charge is 0.326 e. The lowest BCUT2D eigenvalue weighted by molar-refractivity contribution is -0.143. The molecule has 2 aromatic rings. The SMILES string of the molecule is CSCCC(NC(=O)C(N)Cc1c[nH]c2ccccc12)C(=O)NC(CC(C)C)C(=O)NC(CC(C)C)C(=O)O. The molecule has 1 heterocycles. The van der Waals surface area contributed by atoms with E-state index in [0.29, 0.717) is 18.6 Å². The molecule has 0 radical (unpaired) electrons. The summed E-state index contributed by atoms with van der Waals surface area (Å²) in [5.74, 6) is -1.94. The molecule has 4 atom stereocenters. The number of rotatable bonds is 16. The molecule has 0 saturated heterocycles. The summed E-state index contributed by atoms with van der Waals surface area (Å²) in [6.07, 6.45) is 4.94. The lowest BCUT2D eigenvalue weighted by Crippen LogP contribution is -2.57. The van der Waals surface area contributed by atoms with Crippen molar-refractivity contribution in [2.24, 2.45) is 17.6 Å². The van der Waals surface area contributed by atoms with Gasteiger partial charge in [0.05, 0.1) is 6.04 Å². The van der Waals surface area contributed by atoms with Crippen molar-refractivity contribution in [2.75, 3.05) is 12.0 Å². The lowest BCUT2D eigenvalue weighted by Gasteiger charge is -2.26. The molecule has 7 N–H and O–H groups in total. The van der Waals surface area contributed by atoms with Crippen molar-refractivity contribution in [3.63, 3.8) is 0 Å². The van der Waals surface area contributed by atoms with Crippen molar-refractivity contribution in [2.45, 2.75) is 77.5 Å². The van der Waals surface area contributed by atoms with E-state index in [0.717, 1.165) is 16.5 Å². The van der Waals surface area contributed by atoms with E-state index in [1.807, 2.05) is 64.4 Å². The van der Waals surface area contributed by atoms with Crippen LogP contribution in [0.5, 0.6) is 0 Å². The second kappa shape index (κ2) is 15.5. The van der Waals surface area contributed by atoms with E-state index < -0.39 is 47.9 Å². The fourth-order valence-corrected chi connectivity index (χ4v) is 4.83. The first kappa shape index (κ1) is 32.2.